The van der Waals surface area contributed by atoms with Crippen molar-refractivity contribution in [3.05, 3.63) is 24.3 Å². The van der Waals surface area contributed by atoms with Crippen LogP contribution in [0, 0.1) is 0 Å². The number of nitrogens with zero attached hydrogens (tertiary/aromatic N) is 1. The topological polar surface area (TPSA) is 60.0 Å². The van der Waals surface area contributed by atoms with Gasteiger partial charge in [-0.1, -0.05) is 12.1 Å². The fourth-order valence-electron chi connectivity index (χ4n) is 3.20. The molecule has 0 bridgehead atoms. The van der Waals surface area contributed by atoms with E-state index in [1.54, 1.807) is 11.9 Å². The highest BCUT2D eigenvalue weighted by molar-refractivity contribution is 5.90. The number of likely N-dealkylation sites (N-methyl/N-ethyl adjacent to an activating group) is 1. The van der Waals surface area contributed by atoms with Gasteiger partial charge in [0.2, 0.25) is 0 Å². The van der Waals surface area contributed by atoms with Gasteiger partial charge in [0, 0.05) is 26.8 Å². The Balaban J connectivity index is 1.53. The molecule has 2 aliphatic rings. The van der Waals surface area contributed by atoms with Crippen LogP contribution in [0.25, 0.3) is 0 Å². The van der Waals surface area contributed by atoms with Gasteiger partial charge in [-0.15, -0.1) is 0 Å². The molecule has 0 aromatic heterocycles. The molecule has 138 valence electrons. The summed E-state index contributed by atoms with van der Waals surface area (Å²) in [5.41, 5.74) is 0.683. The molecule has 0 spiro atoms. The molecule has 0 saturated carbocycles. The molecular weight excluding hydrogens is 320 g/mol. The predicted molar refractivity (Wildman–Crippen MR) is 96.2 cm³/mol. The molecule has 6 nitrogen and oxygen atoms in total. The second-order valence-electron chi connectivity index (χ2n) is 6.74. The summed E-state index contributed by atoms with van der Waals surface area (Å²) >= 11 is 0. The third-order valence-corrected chi connectivity index (χ3v) is 4.68. The largest absolute Gasteiger partial charge is 0.489 e. The second-order valence-corrected chi connectivity index (χ2v) is 6.74. The number of urea groups is 1. The fourth-order valence-corrected chi connectivity index (χ4v) is 3.20. The Kier molecular flexibility index (Phi) is 6.53. The summed E-state index contributed by atoms with van der Waals surface area (Å²) in [4.78, 5) is 14.1. The maximum absolute atomic E-state index is 12.4. The van der Waals surface area contributed by atoms with Crippen LogP contribution in [0.2, 0.25) is 0 Å². The van der Waals surface area contributed by atoms with E-state index in [-0.39, 0.29) is 18.2 Å². The molecule has 0 aliphatic carbocycles. The highest BCUT2D eigenvalue weighted by atomic mass is 16.5. The number of carbonyl (C=O) groups excluding carboxylic acids is 1. The van der Waals surface area contributed by atoms with Crippen molar-refractivity contribution in [1.82, 2.24) is 4.90 Å². The first-order chi connectivity index (χ1) is 12.2. The van der Waals surface area contributed by atoms with Crippen molar-refractivity contribution in [3.63, 3.8) is 0 Å². The Morgan fingerprint density at radius 3 is 2.68 bits per heavy atom. The lowest BCUT2D eigenvalue weighted by atomic mass is 10.1. The van der Waals surface area contributed by atoms with Crippen LogP contribution in [0.4, 0.5) is 10.5 Å². The van der Waals surface area contributed by atoms with Crippen molar-refractivity contribution < 1.29 is 19.0 Å². The summed E-state index contributed by atoms with van der Waals surface area (Å²) in [5, 5.41) is 2.94. The number of ether oxygens (including phenoxy) is 3. The first-order valence-electron chi connectivity index (χ1n) is 9.19. The van der Waals surface area contributed by atoms with Gasteiger partial charge in [-0.3, -0.25) is 0 Å². The minimum Gasteiger partial charge on any atom is -0.489 e. The average molecular weight is 348 g/mol. The molecule has 1 N–H and O–H groups in total. The number of rotatable bonds is 6. The van der Waals surface area contributed by atoms with Gasteiger partial charge in [-0.25, -0.2) is 4.79 Å². The van der Waals surface area contributed by atoms with Crippen molar-refractivity contribution in [2.45, 2.75) is 44.3 Å². The summed E-state index contributed by atoms with van der Waals surface area (Å²) in [6, 6.07) is 7.37. The molecule has 2 atom stereocenters. The molecule has 0 radical (unpaired) electrons. The number of hydrogen-bond donors (Lipinski definition) is 1. The van der Waals surface area contributed by atoms with Crippen molar-refractivity contribution in [3.8, 4) is 5.75 Å². The van der Waals surface area contributed by atoms with Crippen molar-refractivity contribution in [2.75, 3.05) is 38.7 Å². The van der Waals surface area contributed by atoms with Gasteiger partial charge in [-0.05, 0) is 44.2 Å². The standard InChI is InChI=1S/C19H28N2O4/c1-21(13-15-8-6-12-23-15)19(22)20-17-9-2-3-10-18(17)25-14-16-7-4-5-11-24-16/h2-3,9-10,15-16H,4-8,11-14H2,1H3,(H,20,22)/t15-,16+/m1/s1. The monoisotopic (exact) mass is 348 g/mol. The van der Waals surface area contributed by atoms with Gasteiger partial charge in [0.05, 0.1) is 17.9 Å². The number of amides is 2. The van der Waals surface area contributed by atoms with E-state index in [9.17, 15) is 4.79 Å². The molecule has 6 heteroatoms. The third kappa shape index (κ3) is 5.34. The van der Waals surface area contributed by atoms with Gasteiger partial charge >= 0.3 is 6.03 Å². The molecular formula is C19H28N2O4. The van der Waals surface area contributed by atoms with Gasteiger partial charge in [0.25, 0.3) is 0 Å². The smallest absolute Gasteiger partial charge is 0.321 e. The van der Waals surface area contributed by atoms with Gasteiger partial charge in [0.1, 0.15) is 12.4 Å². The maximum atomic E-state index is 12.4. The van der Waals surface area contributed by atoms with Crippen LogP contribution in [-0.2, 0) is 9.47 Å². The lowest BCUT2D eigenvalue weighted by Gasteiger charge is -2.24. The number of carbonyl (C=O) groups is 1. The number of hydrogen-bond acceptors (Lipinski definition) is 4. The number of benzene rings is 1. The summed E-state index contributed by atoms with van der Waals surface area (Å²) < 4.78 is 17.2. The zero-order valence-electron chi connectivity index (χ0n) is 14.9. The molecule has 2 saturated heterocycles. The normalized spacial score (nSPS) is 23.2. The highest BCUT2D eigenvalue weighted by Gasteiger charge is 2.21. The van der Waals surface area contributed by atoms with E-state index in [0.717, 1.165) is 38.9 Å². The van der Waals surface area contributed by atoms with Gasteiger partial charge in [-0.2, -0.15) is 0 Å². The van der Waals surface area contributed by atoms with Crippen molar-refractivity contribution in [1.29, 1.82) is 0 Å². The molecule has 1 aromatic rings. The van der Waals surface area contributed by atoms with E-state index in [0.29, 0.717) is 24.6 Å². The summed E-state index contributed by atoms with van der Waals surface area (Å²) in [5.74, 6) is 0.676. The first kappa shape index (κ1) is 18.0. The van der Waals surface area contributed by atoms with E-state index < -0.39 is 0 Å². The Morgan fingerprint density at radius 2 is 1.92 bits per heavy atom. The van der Waals surface area contributed by atoms with E-state index in [1.807, 2.05) is 24.3 Å². The van der Waals surface area contributed by atoms with E-state index in [2.05, 4.69) is 5.32 Å². The van der Waals surface area contributed by atoms with Crippen LogP contribution in [0.15, 0.2) is 24.3 Å². The number of para-hydroxylation sites is 2. The lowest BCUT2D eigenvalue weighted by Crippen LogP contribution is -2.37. The first-order valence-corrected chi connectivity index (χ1v) is 9.19. The summed E-state index contributed by atoms with van der Waals surface area (Å²) in [6.45, 7) is 2.71. The molecule has 0 unspecified atom stereocenters. The Morgan fingerprint density at radius 1 is 1.16 bits per heavy atom. The van der Waals surface area contributed by atoms with E-state index in [4.69, 9.17) is 14.2 Å². The molecule has 2 heterocycles. The zero-order valence-corrected chi connectivity index (χ0v) is 14.9. The second kappa shape index (κ2) is 9.06. The molecule has 25 heavy (non-hydrogen) atoms. The number of anilines is 1. The van der Waals surface area contributed by atoms with Crippen molar-refractivity contribution >= 4 is 11.7 Å². The van der Waals surface area contributed by atoms with Gasteiger partial charge in [0.15, 0.2) is 0 Å². The quantitative estimate of drug-likeness (QED) is 0.857. The Labute approximate surface area is 149 Å². The zero-order chi connectivity index (χ0) is 17.5. The van der Waals surface area contributed by atoms with Crippen LogP contribution < -0.4 is 10.1 Å². The molecule has 2 aliphatic heterocycles. The van der Waals surface area contributed by atoms with Crippen LogP contribution in [0.3, 0.4) is 0 Å². The van der Waals surface area contributed by atoms with Crippen LogP contribution in [-0.4, -0.2) is 56.6 Å². The minimum atomic E-state index is -0.152. The Hall–Kier alpha value is -1.79. The lowest BCUT2D eigenvalue weighted by molar-refractivity contribution is -0.0109. The van der Waals surface area contributed by atoms with Crippen LogP contribution in [0.5, 0.6) is 5.75 Å². The van der Waals surface area contributed by atoms with E-state index in [1.165, 1.54) is 6.42 Å². The van der Waals surface area contributed by atoms with Crippen LogP contribution >= 0.6 is 0 Å². The summed E-state index contributed by atoms with van der Waals surface area (Å²) in [7, 11) is 1.79. The van der Waals surface area contributed by atoms with Crippen molar-refractivity contribution in [2.24, 2.45) is 0 Å². The number of nitrogens with one attached hydrogen (secondary N) is 1. The summed E-state index contributed by atoms with van der Waals surface area (Å²) in [6.07, 6.45) is 5.70. The highest BCUT2D eigenvalue weighted by Crippen LogP contribution is 2.25. The van der Waals surface area contributed by atoms with Crippen LogP contribution in [0.1, 0.15) is 32.1 Å². The Bertz CT molecular complexity index is 554. The predicted octanol–water partition coefficient (Wildman–Crippen LogP) is 3.28. The van der Waals surface area contributed by atoms with E-state index >= 15 is 0 Å². The fraction of sp³-hybridized carbons (Fsp3) is 0.632. The maximum Gasteiger partial charge on any atom is 0.321 e. The molecule has 1 aromatic carbocycles. The molecule has 2 fully saturated rings. The SMILES string of the molecule is CN(C[C@H]1CCCO1)C(=O)Nc1ccccc1OC[C@@H]1CCCCO1. The molecule has 3 rings (SSSR count). The molecule has 2 amide bonds. The third-order valence-electron chi connectivity index (χ3n) is 4.68. The van der Waals surface area contributed by atoms with Gasteiger partial charge < -0.3 is 24.4 Å². The average Bonchev–Trinajstić information content (AvgIpc) is 3.15. The minimum absolute atomic E-state index is 0.139.